The Balaban J connectivity index is 2.20. The summed E-state index contributed by atoms with van der Waals surface area (Å²) in [4.78, 5) is 29.5. The monoisotopic (exact) mass is 408 g/mol. The molecular formula is C21H17ClN4O3. The highest BCUT2D eigenvalue weighted by atomic mass is 35.5. The number of benzene rings is 1. The lowest BCUT2D eigenvalue weighted by Crippen LogP contribution is -2.25. The molecule has 1 aromatic carbocycles. The fourth-order valence-corrected chi connectivity index (χ4v) is 2.74. The molecule has 3 rings (SSSR count). The third-order valence-corrected chi connectivity index (χ3v) is 4.49. The number of amides is 1. The van der Waals surface area contributed by atoms with Crippen LogP contribution in [0.1, 0.15) is 18.1 Å². The van der Waals surface area contributed by atoms with Crippen LogP contribution in [0, 0.1) is 18.3 Å². The van der Waals surface area contributed by atoms with Gasteiger partial charge in [-0.2, -0.15) is 10.2 Å². The number of halogens is 1. The van der Waals surface area contributed by atoms with Gasteiger partial charge in [0.25, 0.3) is 11.5 Å². The minimum Gasteiger partial charge on any atom is -0.438 e. The van der Waals surface area contributed by atoms with Gasteiger partial charge in [0, 0.05) is 17.8 Å². The number of carbonyl (C=O) groups is 1. The Morgan fingerprint density at radius 1 is 1.38 bits per heavy atom. The summed E-state index contributed by atoms with van der Waals surface area (Å²) in [6.07, 6.45) is 2.74. The Hall–Kier alpha value is -3.63. The number of nitrogens with zero attached hydrogens (tertiary/aromatic N) is 3. The molecule has 0 radical (unpaired) electrons. The first-order valence-electron chi connectivity index (χ1n) is 8.80. The highest BCUT2D eigenvalue weighted by molar-refractivity contribution is 6.31. The smallest absolute Gasteiger partial charge is 0.269 e. The number of pyridine rings is 1. The van der Waals surface area contributed by atoms with Crippen LogP contribution in [0.4, 0.5) is 0 Å². The van der Waals surface area contributed by atoms with Crippen LogP contribution in [0.15, 0.2) is 53.0 Å². The fourth-order valence-electron chi connectivity index (χ4n) is 2.62. The summed E-state index contributed by atoms with van der Waals surface area (Å²) in [5.74, 6) is -0.175. The lowest BCUT2D eigenvalue weighted by Gasteiger charge is -2.11. The first-order chi connectivity index (χ1) is 13.9. The molecule has 0 saturated heterocycles. The average molecular weight is 409 g/mol. The predicted octanol–water partition coefficient (Wildman–Crippen LogP) is 3.49. The van der Waals surface area contributed by atoms with Gasteiger partial charge in [0.1, 0.15) is 28.6 Å². The zero-order valence-corrected chi connectivity index (χ0v) is 16.5. The second-order valence-electron chi connectivity index (χ2n) is 6.11. The van der Waals surface area contributed by atoms with Crippen molar-refractivity contribution in [1.29, 1.82) is 5.26 Å². The second-order valence-corrected chi connectivity index (χ2v) is 6.51. The Labute approximate surface area is 171 Å². The topological polar surface area (TPSA) is 96.5 Å². The maximum atomic E-state index is 13.0. The number of rotatable bonds is 5. The number of aryl methyl sites for hydroxylation is 1. The van der Waals surface area contributed by atoms with Crippen molar-refractivity contribution in [2.24, 2.45) is 0 Å². The highest BCUT2D eigenvalue weighted by Gasteiger charge is 2.17. The van der Waals surface area contributed by atoms with Crippen molar-refractivity contribution in [2.75, 3.05) is 6.54 Å². The van der Waals surface area contributed by atoms with Crippen LogP contribution < -0.4 is 15.6 Å². The van der Waals surface area contributed by atoms with Gasteiger partial charge in [-0.05, 0) is 55.8 Å². The molecule has 1 amide bonds. The molecule has 0 saturated carbocycles. The molecular weight excluding hydrogens is 392 g/mol. The number of ether oxygens (including phenoxy) is 1. The SMILES string of the molecule is CCNC(=O)/C(C#N)=C/c1c(Oc2ccc(Cl)c(C)c2)nc2ccccn2c1=O. The van der Waals surface area contributed by atoms with Crippen molar-refractivity contribution in [3.8, 4) is 17.7 Å². The van der Waals surface area contributed by atoms with Crippen molar-refractivity contribution in [3.05, 3.63) is 74.7 Å². The fraction of sp³-hybridized carbons (Fsp3) is 0.143. The molecule has 1 N–H and O–H groups in total. The number of nitrogens with one attached hydrogen (secondary N) is 1. The van der Waals surface area contributed by atoms with E-state index >= 15 is 0 Å². The van der Waals surface area contributed by atoms with E-state index in [2.05, 4.69) is 10.3 Å². The maximum absolute atomic E-state index is 13.0. The number of aromatic nitrogens is 2. The van der Waals surface area contributed by atoms with Crippen molar-refractivity contribution < 1.29 is 9.53 Å². The van der Waals surface area contributed by atoms with E-state index in [1.807, 2.05) is 13.0 Å². The van der Waals surface area contributed by atoms with Crippen molar-refractivity contribution in [2.45, 2.75) is 13.8 Å². The summed E-state index contributed by atoms with van der Waals surface area (Å²) in [5, 5.41) is 12.5. The summed E-state index contributed by atoms with van der Waals surface area (Å²) in [5.41, 5.74) is 0.460. The molecule has 0 unspecified atom stereocenters. The first-order valence-corrected chi connectivity index (χ1v) is 9.17. The maximum Gasteiger partial charge on any atom is 0.269 e. The van der Waals surface area contributed by atoms with E-state index in [1.165, 1.54) is 10.5 Å². The Kier molecular flexibility index (Phi) is 5.96. The van der Waals surface area contributed by atoms with E-state index in [1.54, 1.807) is 49.5 Å². The summed E-state index contributed by atoms with van der Waals surface area (Å²) in [6, 6.07) is 11.9. The van der Waals surface area contributed by atoms with Crippen LogP contribution in [-0.2, 0) is 4.79 Å². The van der Waals surface area contributed by atoms with E-state index in [0.717, 1.165) is 5.56 Å². The van der Waals surface area contributed by atoms with Crippen LogP contribution in [0.25, 0.3) is 11.7 Å². The number of hydrogen-bond acceptors (Lipinski definition) is 5. The lowest BCUT2D eigenvalue weighted by atomic mass is 10.1. The van der Waals surface area contributed by atoms with Gasteiger partial charge >= 0.3 is 0 Å². The Morgan fingerprint density at radius 2 is 2.17 bits per heavy atom. The van der Waals surface area contributed by atoms with Crippen LogP contribution in [0.2, 0.25) is 5.02 Å². The molecule has 0 spiro atoms. The second kappa shape index (κ2) is 8.59. The normalized spacial score (nSPS) is 11.2. The highest BCUT2D eigenvalue weighted by Crippen LogP contribution is 2.27. The largest absolute Gasteiger partial charge is 0.438 e. The molecule has 146 valence electrons. The van der Waals surface area contributed by atoms with Gasteiger partial charge in [0.2, 0.25) is 5.88 Å². The van der Waals surface area contributed by atoms with Gasteiger partial charge in [-0.25, -0.2) is 0 Å². The first kappa shape index (κ1) is 20.1. The van der Waals surface area contributed by atoms with E-state index < -0.39 is 11.5 Å². The number of hydrogen-bond donors (Lipinski definition) is 1. The van der Waals surface area contributed by atoms with Gasteiger partial charge in [-0.15, -0.1) is 0 Å². The zero-order valence-electron chi connectivity index (χ0n) is 15.8. The van der Waals surface area contributed by atoms with Gasteiger partial charge in [-0.1, -0.05) is 17.7 Å². The summed E-state index contributed by atoms with van der Waals surface area (Å²) >= 11 is 6.06. The number of nitriles is 1. The standard InChI is InChI=1S/C21H17ClN4O3/c1-3-24-19(27)14(12-23)11-16-20(29-15-7-8-17(22)13(2)10-15)25-18-6-4-5-9-26(18)21(16)28/h4-11H,3H2,1-2H3,(H,24,27)/b14-11+. The van der Waals surface area contributed by atoms with E-state index in [9.17, 15) is 14.9 Å². The summed E-state index contributed by atoms with van der Waals surface area (Å²) in [7, 11) is 0. The van der Waals surface area contributed by atoms with Gasteiger partial charge in [0.05, 0.1) is 0 Å². The molecule has 0 aliphatic heterocycles. The molecule has 0 fully saturated rings. The molecule has 2 aromatic heterocycles. The quantitative estimate of drug-likeness (QED) is 0.515. The molecule has 0 aliphatic rings. The molecule has 0 atom stereocenters. The predicted molar refractivity (Wildman–Crippen MR) is 110 cm³/mol. The number of fused-ring (bicyclic) bond motifs is 1. The van der Waals surface area contributed by atoms with Gasteiger partial charge in [0.15, 0.2) is 0 Å². The minimum atomic E-state index is -0.583. The molecule has 0 aliphatic carbocycles. The molecule has 3 aromatic rings. The van der Waals surface area contributed by atoms with Crippen molar-refractivity contribution >= 4 is 29.2 Å². The van der Waals surface area contributed by atoms with E-state index in [0.29, 0.717) is 23.0 Å². The van der Waals surface area contributed by atoms with Gasteiger partial charge < -0.3 is 10.1 Å². The van der Waals surface area contributed by atoms with Crippen LogP contribution in [0.5, 0.6) is 11.6 Å². The zero-order chi connectivity index (χ0) is 21.0. The molecule has 2 heterocycles. The Bertz CT molecular complexity index is 1220. The summed E-state index contributed by atoms with van der Waals surface area (Å²) in [6.45, 7) is 3.90. The molecule has 29 heavy (non-hydrogen) atoms. The van der Waals surface area contributed by atoms with Crippen molar-refractivity contribution in [1.82, 2.24) is 14.7 Å². The molecule has 0 bridgehead atoms. The minimum absolute atomic E-state index is 0.0101. The summed E-state index contributed by atoms with van der Waals surface area (Å²) < 4.78 is 7.17. The van der Waals surface area contributed by atoms with Gasteiger partial charge in [-0.3, -0.25) is 14.0 Å². The average Bonchev–Trinajstić information content (AvgIpc) is 2.71. The third kappa shape index (κ3) is 4.28. The number of likely N-dealkylation sites (N-methyl/N-ethyl adjacent to an activating group) is 1. The Morgan fingerprint density at radius 3 is 2.86 bits per heavy atom. The van der Waals surface area contributed by atoms with E-state index in [4.69, 9.17) is 16.3 Å². The van der Waals surface area contributed by atoms with Crippen LogP contribution >= 0.6 is 11.6 Å². The van der Waals surface area contributed by atoms with Crippen molar-refractivity contribution in [3.63, 3.8) is 0 Å². The van der Waals surface area contributed by atoms with Crippen LogP contribution in [0.3, 0.4) is 0 Å². The lowest BCUT2D eigenvalue weighted by molar-refractivity contribution is -0.116. The molecule has 7 nitrogen and oxygen atoms in total. The van der Waals surface area contributed by atoms with Crippen LogP contribution in [-0.4, -0.2) is 21.8 Å². The molecule has 8 heteroatoms. The third-order valence-electron chi connectivity index (χ3n) is 4.07. The number of carbonyl (C=O) groups excluding carboxylic acids is 1. The van der Waals surface area contributed by atoms with E-state index in [-0.39, 0.29) is 17.0 Å².